The Morgan fingerprint density at radius 2 is 1.20 bits per heavy atom. The van der Waals surface area contributed by atoms with Crippen LogP contribution in [0.25, 0.3) is 0 Å². The van der Waals surface area contributed by atoms with E-state index in [0.717, 1.165) is 19.4 Å². The van der Waals surface area contributed by atoms with Crippen molar-refractivity contribution in [2.75, 3.05) is 6.61 Å². The maximum absolute atomic E-state index is 6.22. The fourth-order valence-electron chi connectivity index (χ4n) is 3.14. The summed E-state index contributed by atoms with van der Waals surface area (Å²) >= 11 is 0. The Morgan fingerprint density at radius 3 is 1.65 bits per heavy atom. The summed E-state index contributed by atoms with van der Waals surface area (Å²) in [4.78, 5) is 0. The molecule has 0 spiro atoms. The molecule has 1 atom stereocenters. The minimum absolute atomic E-state index is 0.135. The van der Waals surface area contributed by atoms with Gasteiger partial charge in [-0.2, -0.15) is 0 Å². The SMILES string of the molecule is [CH2]CCC(CCCCCC)(CCCCCCC)OCC. The second-order valence-corrected chi connectivity index (χ2v) is 6.19. The van der Waals surface area contributed by atoms with Crippen LogP contribution in [0.2, 0.25) is 0 Å². The van der Waals surface area contributed by atoms with Crippen LogP contribution >= 0.6 is 0 Å². The smallest absolute Gasteiger partial charge is 0.0682 e. The van der Waals surface area contributed by atoms with Gasteiger partial charge in [-0.05, 0) is 26.2 Å². The monoisotopic (exact) mass is 283 g/mol. The van der Waals surface area contributed by atoms with Crippen molar-refractivity contribution in [2.24, 2.45) is 0 Å². The van der Waals surface area contributed by atoms with E-state index >= 15 is 0 Å². The number of ether oxygens (including phenoxy) is 1. The van der Waals surface area contributed by atoms with Crippen LogP contribution in [-0.4, -0.2) is 12.2 Å². The summed E-state index contributed by atoms with van der Waals surface area (Å²) in [6.45, 7) is 11.6. The second-order valence-electron chi connectivity index (χ2n) is 6.19. The van der Waals surface area contributed by atoms with Crippen LogP contribution in [0.1, 0.15) is 104 Å². The summed E-state index contributed by atoms with van der Waals surface area (Å²) in [5, 5.41) is 0. The third-order valence-corrected chi connectivity index (χ3v) is 4.30. The molecule has 1 heteroatoms. The Kier molecular flexibility index (Phi) is 13.9. The van der Waals surface area contributed by atoms with E-state index < -0.39 is 0 Å². The Labute approximate surface area is 128 Å². The highest BCUT2D eigenvalue weighted by Gasteiger charge is 2.28. The van der Waals surface area contributed by atoms with Gasteiger partial charge in [0.15, 0.2) is 0 Å². The zero-order valence-corrected chi connectivity index (χ0v) is 14.5. The summed E-state index contributed by atoms with van der Waals surface area (Å²) < 4.78 is 6.22. The van der Waals surface area contributed by atoms with Gasteiger partial charge in [0.1, 0.15) is 0 Å². The largest absolute Gasteiger partial charge is 0.375 e. The van der Waals surface area contributed by atoms with E-state index in [1.54, 1.807) is 0 Å². The number of hydrogen-bond acceptors (Lipinski definition) is 1. The van der Waals surface area contributed by atoms with Gasteiger partial charge in [-0.25, -0.2) is 0 Å². The van der Waals surface area contributed by atoms with Gasteiger partial charge in [-0.1, -0.05) is 85.0 Å². The Bertz CT molecular complexity index is 182. The Balaban J connectivity index is 4.18. The van der Waals surface area contributed by atoms with E-state index in [-0.39, 0.29) is 5.60 Å². The van der Waals surface area contributed by atoms with Crippen LogP contribution in [-0.2, 0) is 4.74 Å². The van der Waals surface area contributed by atoms with Gasteiger partial charge in [0.05, 0.1) is 5.60 Å². The molecule has 1 unspecified atom stereocenters. The molecule has 0 N–H and O–H groups in total. The molecule has 0 amide bonds. The van der Waals surface area contributed by atoms with Crippen molar-refractivity contribution in [3.05, 3.63) is 6.92 Å². The molecule has 0 aromatic heterocycles. The molecule has 0 heterocycles. The highest BCUT2D eigenvalue weighted by Crippen LogP contribution is 2.31. The zero-order chi connectivity index (χ0) is 15.1. The third-order valence-electron chi connectivity index (χ3n) is 4.30. The first kappa shape index (κ1) is 20.0. The van der Waals surface area contributed by atoms with E-state index in [1.807, 2.05) is 0 Å². The lowest BCUT2D eigenvalue weighted by Crippen LogP contribution is -2.32. The second kappa shape index (κ2) is 13.9. The highest BCUT2D eigenvalue weighted by atomic mass is 16.5. The maximum Gasteiger partial charge on any atom is 0.0682 e. The zero-order valence-electron chi connectivity index (χ0n) is 14.5. The fourth-order valence-corrected chi connectivity index (χ4v) is 3.14. The molecule has 0 rings (SSSR count). The molecular formula is C19H39O. The molecule has 0 aromatic carbocycles. The Morgan fingerprint density at radius 1 is 0.700 bits per heavy atom. The average Bonchev–Trinajstić information content (AvgIpc) is 2.44. The molecule has 0 saturated carbocycles. The maximum atomic E-state index is 6.22. The van der Waals surface area contributed by atoms with E-state index in [4.69, 9.17) is 4.74 Å². The van der Waals surface area contributed by atoms with Gasteiger partial charge in [0, 0.05) is 6.61 Å². The van der Waals surface area contributed by atoms with Crippen LogP contribution in [0.3, 0.4) is 0 Å². The molecule has 0 bridgehead atoms. The van der Waals surface area contributed by atoms with Crippen molar-refractivity contribution in [2.45, 2.75) is 110 Å². The van der Waals surface area contributed by atoms with Crippen LogP contribution in [0, 0.1) is 6.92 Å². The van der Waals surface area contributed by atoms with E-state index in [2.05, 4.69) is 27.7 Å². The predicted octanol–water partition coefficient (Wildman–Crippen LogP) is 6.71. The summed E-state index contributed by atoms with van der Waals surface area (Å²) in [6.07, 6.45) is 16.8. The summed E-state index contributed by atoms with van der Waals surface area (Å²) in [6, 6.07) is 0. The molecule has 121 valence electrons. The van der Waals surface area contributed by atoms with Gasteiger partial charge in [-0.3, -0.25) is 0 Å². The van der Waals surface area contributed by atoms with Crippen LogP contribution < -0.4 is 0 Å². The molecule has 0 aliphatic carbocycles. The van der Waals surface area contributed by atoms with Crippen LogP contribution in [0.4, 0.5) is 0 Å². The van der Waals surface area contributed by atoms with Gasteiger partial charge in [0.25, 0.3) is 0 Å². The molecule has 1 nitrogen and oxygen atoms in total. The minimum Gasteiger partial charge on any atom is -0.375 e. The van der Waals surface area contributed by atoms with Gasteiger partial charge in [0.2, 0.25) is 0 Å². The van der Waals surface area contributed by atoms with Gasteiger partial charge >= 0.3 is 0 Å². The third kappa shape index (κ3) is 9.80. The lowest BCUT2D eigenvalue weighted by atomic mass is 9.85. The quantitative estimate of drug-likeness (QED) is 0.304. The molecule has 0 aliphatic rings. The van der Waals surface area contributed by atoms with Crippen molar-refractivity contribution in [1.82, 2.24) is 0 Å². The number of unbranched alkanes of at least 4 members (excludes halogenated alkanes) is 7. The van der Waals surface area contributed by atoms with Crippen LogP contribution in [0.5, 0.6) is 0 Å². The molecule has 20 heavy (non-hydrogen) atoms. The first-order valence-electron chi connectivity index (χ1n) is 9.17. The van der Waals surface area contributed by atoms with E-state index in [0.29, 0.717) is 0 Å². The van der Waals surface area contributed by atoms with Gasteiger partial charge < -0.3 is 4.74 Å². The lowest BCUT2D eigenvalue weighted by molar-refractivity contribution is -0.0603. The van der Waals surface area contributed by atoms with Crippen molar-refractivity contribution in [1.29, 1.82) is 0 Å². The van der Waals surface area contributed by atoms with Gasteiger partial charge in [-0.15, -0.1) is 0 Å². The van der Waals surface area contributed by atoms with Crippen molar-refractivity contribution >= 4 is 0 Å². The Hall–Kier alpha value is -0.0400. The minimum atomic E-state index is 0.135. The lowest BCUT2D eigenvalue weighted by Gasteiger charge is -2.34. The predicted molar refractivity (Wildman–Crippen MR) is 91.1 cm³/mol. The van der Waals surface area contributed by atoms with Crippen molar-refractivity contribution < 1.29 is 4.74 Å². The molecule has 1 radical (unpaired) electrons. The standard InChI is InChI=1S/C19H39O/c1-5-9-11-13-15-18-19(16-7-3,20-8-4)17-14-12-10-6-2/h3,5-18H2,1-2,4H3. The van der Waals surface area contributed by atoms with Crippen LogP contribution in [0.15, 0.2) is 0 Å². The van der Waals surface area contributed by atoms with E-state index in [9.17, 15) is 0 Å². The molecular weight excluding hydrogens is 244 g/mol. The topological polar surface area (TPSA) is 9.23 Å². The molecule has 0 saturated heterocycles. The first-order chi connectivity index (χ1) is 9.74. The van der Waals surface area contributed by atoms with E-state index in [1.165, 1.54) is 70.6 Å². The molecule has 0 fully saturated rings. The normalized spacial score (nSPS) is 14.4. The molecule has 0 aliphatic heterocycles. The summed E-state index contributed by atoms with van der Waals surface area (Å²) in [5.41, 5.74) is 0.135. The summed E-state index contributed by atoms with van der Waals surface area (Å²) in [5.74, 6) is 0. The number of rotatable bonds is 15. The first-order valence-corrected chi connectivity index (χ1v) is 9.17. The number of hydrogen-bond donors (Lipinski definition) is 0. The fraction of sp³-hybridized carbons (Fsp3) is 0.947. The average molecular weight is 284 g/mol. The summed E-state index contributed by atoms with van der Waals surface area (Å²) in [7, 11) is 0. The highest BCUT2D eigenvalue weighted by molar-refractivity contribution is 4.81. The van der Waals surface area contributed by atoms with Crippen molar-refractivity contribution in [3.63, 3.8) is 0 Å². The van der Waals surface area contributed by atoms with Crippen molar-refractivity contribution in [3.8, 4) is 0 Å². The molecule has 0 aromatic rings.